The van der Waals surface area contributed by atoms with Crippen molar-refractivity contribution in [3.8, 4) is 0 Å². The summed E-state index contributed by atoms with van der Waals surface area (Å²) >= 11 is 0. The second-order valence-electron chi connectivity index (χ2n) is 6.16. The largest absolute Gasteiger partial charge is 0.354 e. The lowest BCUT2D eigenvalue weighted by Gasteiger charge is -2.31. The van der Waals surface area contributed by atoms with Gasteiger partial charge in [0.1, 0.15) is 0 Å². The zero-order valence-corrected chi connectivity index (χ0v) is 13.2. The molecule has 0 spiro atoms. The first-order valence-electron chi connectivity index (χ1n) is 8.31. The van der Waals surface area contributed by atoms with Crippen molar-refractivity contribution in [3.63, 3.8) is 0 Å². The fourth-order valence-corrected chi connectivity index (χ4v) is 2.85. The van der Waals surface area contributed by atoms with Gasteiger partial charge in [-0.05, 0) is 31.7 Å². The summed E-state index contributed by atoms with van der Waals surface area (Å²) in [6.07, 6.45) is 6.95. The molecule has 0 aromatic carbocycles. The fraction of sp³-hybridized carbons (Fsp3) is 0.625. The van der Waals surface area contributed by atoms with Crippen LogP contribution in [0.3, 0.4) is 0 Å². The van der Waals surface area contributed by atoms with Gasteiger partial charge in [0.05, 0.1) is 0 Å². The molecule has 1 aromatic rings. The first kappa shape index (κ1) is 15.7. The van der Waals surface area contributed by atoms with Gasteiger partial charge in [-0.25, -0.2) is 9.97 Å². The van der Waals surface area contributed by atoms with E-state index in [0.717, 1.165) is 25.7 Å². The van der Waals surface area contributed by atoms with Crippen LogP contribution in [0.5, 0.6) is 0 Å². The van der Waals surface area contributed by atoms with Crippen LogP contribution in [0.4, 0.5) is 5.95 Å². The summed E-state index contributed by atoms with van der Waals surface area (Å²) in [5, 5.41) is 6.00. The van der Waals surface area contributed by atoms with Gasteiger partial charge >= 0.3 is 0 Å². The number of rotatable bonds is 6. The predicted molar refractivity (Wildman–Crippen MR) is 85.6 cm³/mol. The van der Waals surface area contributed by atoms with Crippen molar-refractivity contribution < 1.29 is 9.59 Å². The highest BCUT2D eigenvalue weighted by Gasteiger charge is 2.35. The van der Waals surface area contributed by atoms with E-state index in [2.05, 4.69) is 20.6 Å². The predicted octanol–water partition coefficient (Wildman–Crippen LogP) is 0.653. The normalized spacial score (nSPS) is 18.5. The molecule has 1 saturated heterocycles. The Morgan fingerprint density at radius 3 is 2.39 bits per heavy atom. The number of anilines is 1. The minimum absolute atomic E-state index is 0.0197. The van der Waals surface area contributed by atoms with E-state index in [-0.39, 0.29) is 23.7 Å². The molecule has 7 nitrogen and oxygen atoms in total. The number of nitrogens with zero attached hydrogens (tertiary/aromatic N) is 3. The minimum atomic E-state index is 0.0197. The minimum Gasteiger partial charge on any atom is -0.354 e. The van der Waals surface area contributed by atoms with Gasteiger partial charge in [0, 0.05) is 50.4 Å². The molecule has 1 aromatic heterocycles. The van der Waals surface area contributed by atoms with Crippen molar-refractivity contribution in [3.05, 3.63) is 18.5 Å². The summed E-state index contributed by atoms with van der Waals surface area (Å²) in [6, 6.07) is 1.76. The van der Waals surface area contributed by atoms with Gasteiger partial charge in [0.25, 0.3) is 0 Å². The Hall–Kier alpha value is -2.18. The van der Waals surface area contributed by atoms with E-state index in [1.807, 2.05) is 4.90 Å². The smallest absolute Gasteiger partial charge is 0.225 e. The molecule has 2 aliphatic rings. The molecule has 0 bridgehead atoms. The Morgan fingerprint density at radius 2 is 1.74 bits per heavy atom. The van der Waals surface area contributed by atoms with Crippen molar-refractivity contribution in [2.45, 2.75) is 25.7 Å². The molecule has 3 rings (SSSR count). The molecule has 2 N–H and O–H groups in total. The van der Waals surface area contributed by atoms with Gasteiger partial charge in [-0.15, -0.1) is 0 Å². The number of nitrogens with one attached hydrogen (secondary N) is 2. The Morgan fingerprint density at radius 1 is 1.04 bits per heavy atom. The van der Waals surface area contributed by atoms with Crippen LogP contribution in [0.25, 0.3) is 0 Å². The molecule has 23 heavy (non-hydrogen) atoms. The molecular formula is C16H23N5O2. The van der Waals surface area contributed by atoms with Gasteiger partial charge in [-0.3, -0.25) is 9.59 Å². The zero-order valence-electron chi connectivity index (χ0n) is 13.2. The Kier molecular flexibility index (Phi) is 5.05. The van der Waals surface area contributed by atoms with Crippen LogP contribution in [0, 0.1) is 11.8 Å². The van der Waals surface area contributed by atoms with Gasteiger partial charge < -0.3 is 15.5 Å². The van der Waals surface area contributed by atoms with E-state index in [1.165, 1.54) is 0 Å². The maximum atomic E-state index is 12.2. The summed E-state index contributed by atoms with van der Waals surface area (Å²) < 4.78 is 0. The monoisotopic (exact) mass is 317 g/mol. The van der Waals surface area contributed by atoms with Crippen LogP contribution >= 0.6 is 0 Å². The molecule has 0 radical (unpaired) electrons. The number of amides is 2. The van der Waals surface area contributed by atoms with Crippen molar-refractivity contribution in [2.75, 3.05) is 31.5 Å². The lowest BCUT2D eigenvalue weighted by molar-refractivity contribution is -0.136. The maximum Gasteiger partial charge on any atom is 0.225 e. The van der Waals surface area contributed by atoms with Gasteiger partial charge in [-0.2, -0.15) is 0 Å². The third kappa shape index (κ3) is 4.40. The number of carbonyl (C=O) groups is 2. The van der Waals surface area contributed by atoms with Crippen LogP contribution in [0.1, 0.15) is 25.7 Å². The summed E-state index contributed by atoms with van der Waals surface area (Å²) in [5.74, 6) is 1.22. The van der Waals surface area contributed by atoms with E-state index in [1.54, 1.807) is 18.5 Å². The van der Waals surface area contributed by atoms with Gasteiger partial charge in [0.15, 0.2) is 0 Å². The Balaban J connectivity index is 1.32. The summed E-state index contributed by atoms with van der Waals surface area (Å²) in [7, 11) is 0. The van der Waals surface area contributed by atoms with E-state index in [9.17, 15) is 9.59 Å². The molecule has 2 amide bonds. The average Bonchev–Trinajstić information content (AvgIpc) is 3.44. The molecule has 0 unspecified atom stereocenters. The average molecular weight is 317 g/mol. The molecule has 2 fully saturated rings. The SMILES string of the molecule is O=C(NCCNc1ncccn1)C1CCN(C(=O)C2CC2)CC1. The van der Waals surface area contributed by atoms with E-state index in [4.69, 9.17) is 0 Å². The van der Waals surface area contributed by atoms with Crippen LogP contribution in [0.15, 0.2) is 18.5 Å². The molecular weight excluding hydrogens is 294 g/mol. The Bertz CT molecular complexity index is 539. The number of hydrogen-bond donors (Lipinski definition) is 2. The number of carbonyl (C=O) groups excluding carboxylic acids is 2. The van der Waals surface area contributed by atoms with Crippen LogP contribution in [0.2, 0.25) is 0 Å². The molecule has 124 valence electrons. The second kappa shape index (κ2) is 7.39. The number of aromatic nitrogens is 2. The quantitative estimate of drug-likeness (QED) is 0.752. The van der Waals surface area contributed by atoms with Crippen molar-refractivity contribution >= 4 is 17.8 Å². The number of likely N-dealkylation sites (tertiary alicyclic amines) is 1. The Labute approximate surface area is 135 Å². The van der Waals surface area contributed by atoms with Gasteiger partial charge in [-0.1, -0.05) is 0 Å². The fourth-order valence-electron chi connectivity index (χ4n) is 2.85. The first-order valence-corrected chi connectivity index (χ1v) is 8.31. The van der Waals surface area contributed by atoms with Gasteiger partial charge in [0.2, 0.25) is 17.8 Å². The lowest BCUT2D eigenvalue weighted by atomic mass is 9.95. The number of hydrogen-bond acceptors (Lipinski definition) is 5. The second-order valence-corrected chi connectivity index (χ2v) is 6.16. The van der Waals surface area contributed by atoms with E-state index in [0.29, 0.717) is 32.1 Å². The van der Waals surface area contributed by atoms with Crippen LogP contribution < -0.4 is 10.6 Å². The first-order chi connectivity index (χ1) is 11.2. The molecule has 2 heterocycles. The lowest BCUT2D eigenvalue weighted by Crippen LogP contribution is -2.44. The summed E-state index contributed by atoms with van der Waals surface area (Å²) in [6.45, 7) is 2.56. The maximum absolute atomic E-state index is 12.2. The van der Waals surface area contributed by atoms with Crippen molar-refractivity contribution in [1.82, 2.24) is 20.2 Å². The standard InChI is InChI=1S/C16H23N5O2/c22-14(17-8-9-20-16-18-6-1-7-19-16)12-4-10-21(11-5-12)15(23)13-2-3-13/h1,6-7,12-13H,2-5,8-11H2,(H,17,22)(H,18,19,20). The van der Waals surface area contributed by atoms with Crippen molar-refractivity contribution in [2.24, 2.45) is 11.8 Å². The molecule has 1 aliphatic heterocycles. The van der Waals surface area contributed by atoms with Crippen molar-refractivity contribution in [1.29, 1.82) is 0 Å². The molecule has 1 saturated carbocycles. The molecule has 7 heteroatoms. The third-order valence-corrected chi connectivity index (χ3v) is 4.38. The molecule has 0 atom stereocenters. The highest BCUT2D eigenvalue weighted by Crippen LogP contribution is 2.32. The van der Waals surface area contributed by atoms with E-state index >= 15 is 0 Å². The van der Waals surface area contributed by atoms with Crippen LogP contribution in [-0.2, 0) is 9.59 Å². The van der Waals surface area contributed by atoms with E-state index < -0.39 is 0 Å². The highest BCUT2D eigenvalue weighted by atomic mass is 16.2. The molecule has 1 aliphatic carbocycles. The van der Waals surface area contributed by atoms with Crippen LogP contribution in [-0.4, -0.2) is 52.9 Å². The third-order valence-electron chi connectivity index (χ3n) is 4.38. The summed E-state index contributed by atoms with van der Waals surface area (Å²) in [4.78, 5) is 34.2. The highest BCUT2D eigenvalue weighted by molar-refractivity contribution is 5.82. The summed E-state index contributed by atoms with van der Waals surface area (Å²) in [5.41, 5.74) is 0. The zero-order chi connectivity index (χ0) is 16.1. The topological polar surface area (TPSA) is 87.2 Å². The number of piperidine rings is 1.